The number of benzene rings is 4. The van der Waals surface area contributed by atoms with Crippen molar-refractivity contribution < 1.29 is 24.5 Å². The zero-order valence-electron chi connectivity index (χ0n) is 19.0. The summed E-state index contributed by atoms with van der Waals surface area (Å²) in [5, 5.41) is 19.3. The summed E-state index contributed by atoms with van der Waals surface area (Å²) in [5.41, 5.74) is 3.17. The van der Waals surface area contributed by atoms with Gasteiger partial charge in [-0.1, -0.05) is 72.8 Å². The number of phenolic OH excluding ortho intramolecular Hbond substituents is 2. The Bertz CT molecular complexity index is 1250. The Morgan fingerprint density at radius 3 is 1.83 bits per heavy atom. The first-order chi connectivity index (χ1) is 17.0. The first-order valence-corrected chi connectivity index (χ1v) is 11.1. The third-order valence-electron chi connectivity index (χ3n) is 5.49. The highest BCUT2D eigenvalue weighted by Crippen LogP contribution is 2.23. The smallest absolute Gasteiger partial charge is 0.342 e. The van der Waals surface area contributed by atoms with Gasteiger partial charge in [0.25, 0.3) is 5.91 Å². The molecule has 1 amide bonds. The van der Waals surface area contributed by atoms with Gasteiger partial charge in [0.2, 0.25) is 0 Å². The minimum atomic E-state index is -0.754. The minimum Gasteiger partial charge on any atom is -0.508 e. The Morgan fingerprint density at radius 1 is 0.686 bits per heavy atom. The largest absolute Gasteiger partial charge is 0.508 e. The standard InChI is InChI=1S/C29H25NO5/c31-25-15-16-27(32)26(17-25)29(34)35-20-23-11-13-24(14-12-23)28(33)30(18-21-7-3-1-4-8-21)19-22-9-5-2-6-10-22/h1-17,31-32H,18-20H2. The minimum absolute atomic E-state index is 0.0415. The number of aromatic hydroxyl groups is 2. The molecule has 4 aromatic rings. The number of rotatable bonds is 8. The van der Waals surface area contributed by atoms with Crippen molar-refractivity contribution in [1.29, 1.82) is 0 Å². The molecule has 4 rings (SSSR count). The van der Waals surface area contributed by atoms with Crippen molar-refractivity contribution in [3.63, 3.8) is 0 Å². The molecule has 0 fully saturated rings. The SMILES string of the molecule is O=C(OCc1ccc(C(=O)N(Cc2ccccc2)Cc2ccccc2)cc1)c1cc(O)ccc1O. The van der Waals surface area contributed by atoms with Gasteiger partial charge < -0.3 is 19.8 Å². The fourth-order valence-electron chi connectivity index (χ4n) is 3.65. The van der Waals surface area contributed by atoms with Crippen LogP contribution in [-0.2, 0) is 24.4 Å². The molecule has 6 nitrogen and oxygen atoms in total. The molecule has 0 atom stereocenters. The number of nitrogens with zero attached hydrogens (tertiary/aromatic N) is 1. The van der Waals surface area contributed by atoms with E-state index >= 15 is 0 Å². The van der Waals surface area contributed by atoms with Crippen LogP contribution < -0.4 is 0 Å². The van der Waals surface area contributed by atoms with E-state index in [1.807, 2.05) is 60.7 Å². The molecule has 176 valence electrons. The summed E-state index contributed by atoms with van der Waals surface area (Å²) in [4.78, 5) is 27.4. The zero-order chi connectivity index (χ0) is 24.6. The van der Waals surface area contributed by atoms with Gasteiger partial charge in [-0.2, -0.15) is 0 Å². The molecule has 0 aliphatic carbocycles. The molecule has 0 heterocycles. The van der Waals surface area contributed by atoms with E-state index in [0.717, 1.165) is 17.2 Å². The van der Waals surface area contributed by atoms with Crippen LogP contribution >= 0.6 is 0 Å². The third kappa shape index (κ3) is 6.26. The normalized spacial score (nSPS) is 10.5. The van der Waals surface area contributed by atoms with Crippen molar-refractivity contribution in [3.05, 3.63) is 131 Å². The molecule has 6 heteroatoms. The molecule has 0 aromatic heterocycles. The highest BCUT2D eigenvalue weighted by molar-refractivity contribution is 5.94. The Morgan fingerprint density at radius 2 is 1.26 bits per heavy atom. The van der Waals surface area contributed by atoms with E-state index in [9.17, 15) is 19.8 Å². The second kappa shape index (κ2) is 11.0. The van der Waals surface area contributed by atoms with E-state index in [1.54, 1.807) is 29.2 Å². The second-order valence-corrected chi connectivity index (χ2v) is 8.11. The Kier molecular flexibility index (Phi) is 7.43. The molecular formula is C29H25NO5. The van der Waals surface area contributed by atoms with Crippen LogP contribution in [-0.4, -0.2) is 27.0 Å². The van der Waals surface area contributed by atoms with Gasteiger partial charge in [-0.25, -0.2) is 4.79 Å². The number of ether oxygens (including phenoxy) is 1. The number of amides is 1. The van der Waals surface area contributed by atoms with Gasteiger partial charge >= 0.3 is 5.97 Å². The van der Waals surface area contributed by atoms with Gasteiger partial charge in [0.05, 0.1) is 0 Å². The van der Waals surface area contributed by atoms with Crippen LogP contribution in [0.3, 0.4) is 0 Å². The first-order valence-electron chi connectivity index (χ1n) is 11.1. The predicted molar refractivity (Wildman–Crippen MR) is 132 cm³/mol. The van der Waals surface area contributed by atoms with Crippen molar-refractivity contribution in [2.45, 2.75) is 19.7 Å². The van der Waals surface area contributed by atoms with Crippen molar-refractivity contribution in [2.24, 2.45) is 0 Å². The topological polar surface area (TPSA) is 87.1 Å². The summed E-state index contributed by atoms with van der Waals surface area (Å²) in [6.45, 7) is 0.906. The predicted octanol–water partition coefficient (Wildman–Crippen LogP) is 5.30. The van der Waals surface area contributed by atoms with Crippen LogP contribution in [0.5, 0.6) is 11.5 Å². The second-order valence-electron chi connectivity index (χ2n) is 8.11. The maximum Gasteiger partial charge on any atom is 0.342 e. The van der Waals surface area contributed by atoms with Crippen LogP contribution in [0.4, 0.5) is 0 Å². The van der Waals surface area contributed by atoms with Gasteiger partial charge in [0.15, 0.2) is 0 Å². The summed E-state index contributed by atoms with van der Waals surface area (Å²) >= 11 is 0. The number of phenols is 2. The molecule has 0 aliphatic rings. The van der Waals surface area contributed by atoms with E-state index < -0.39 is 5.97 Å². The Labute approximate surface area is 203 Å². The van der Waals surface area contributed by atoms with Crippen LogP contribution in [0.15, 0.2) is 103 Å². The molecule has 0 unspecified atom stereocenters. The molecule has 0 saturated heterocycles. The van der Waals surface area contributed by atoms with Gasteiger partial charge in [-0.3, -0.25) is 4.79 Å². The maximum absolute atomic E-state index is 13.4. The fraction of sp³-hybridized carbons (Fsp3) is 0.103. The van der Waals surface area contributed by atoms with Crippen LogP contribution in [0.2, 0.25) is 0 Å². The highest BCUT2D eigenvalue weighted by atomic mass is 16.5. The quantitative estimate of drug-likeness (QED) is 0.271. The maximum atomic E-state index is 13.4. The molecule has 0 aliphatic heterocycles. The lowest BCUT2D eigenvalue weighted by Gasteiger charge is -2.23. The number of esters is 1. The molecule has 35 heavy (non-hydrogen) atoms. The number of carbonyl (C=O) groups excluding carboxylic acids is 2. The van der Waals surface area contributed by atoms with Crippen molar-refractivity contribution >= 4 is 11.9 Å². The average molecular weight is 468 g/mol. The van der Waals surface area contributed by atoms with E-state index in [1.165, 1.54) is 12.1 Å². The van der Waals surface area contributed by atoms with Crippen molar-refractivity contribution in [3.8, 4) is 11.5 Å². The molecule has 0 spiro atoms. The van der Waals surface area contributed by atoms with Gasteiger partial charge in [0.1, 0.15) is 23.7 Å². The third-order valence-corrected chi connectivity index (χ3v) is 5.49. The summed E-state index contributed by atoms with van der Waals surface area (Å²) in [6, 6.07) is 30.2. The highest BCUT2D eigenvalue weighted by Gasteiger charge is 2.18. The van der Waals surface area contributed by atoms with Crippen LogP contribution in [0, 0.1) is 0 Å². The lowest BCUT2D eigenvalue weighted by atomic mass is 10.1. The summed E-state index contributed by atoms with van der Waals surface area (Å²) in [7, 11) is 0. The Hall–Kier alpha value is -4.58. The van der Waals surface area contributed by atoms with Crippen LogP contribution in [0.25, 0.3) is 0 Å². The zero-order valence-corrected chi connectivity index (χ0v) is 19.0. The lowest BCUT2D eigenvalue weighted by Crippen LogP contribution is -2.30. The van der Waals surface area contributed by atoms with E-state index in [-0.39, 0.29) is 29.6 Å². The number of carbonyl (C=O) groups is 2. The summed E-state index contributed by atoms with van der Waals surface area (Å²) < 4.78 is 5.25. The Balaban J connectivity index is 1.45. The van der Waals surface area contributed by atoms with E-state index in [4.69, 9.17) is 4.74 Å². The van der Waals surface area contributed by atoms with E-state index in [2.05, 4.69) is 0 Å². The van der Waals surface area contributed by atoms with Crippen molar-refractivity contribution in [1.82, 2.24) is 4.90 Å². The fourth-order valence-corrected chi connectivity index (χ4v) is 3.65. The van der Waals surface area contributed by atoms with Gasteiger partial charge in [-0.05, 0) is 47.0 Å². The molecule has 4 aromatic carbocycles. The molecule has 0 radical (unpaired) electrons. The molecular weight excluding hydrogens is 442 g/mol. The molecule has 0 bridgehead atoms. The number of hydrogen-bond acceptors (Lipinski definition) is 5. The number of hydrogen-bond donors (Lipinski definition) is 2. The average Bonchev–Trinajstić information content (AvgIpc) is 2.89. The molecule has 2 N–H and O–H groups in total. The monoisotopic (exact) mass is 467 g/mol. The summed E-state index contributed by atoms with van der Waals surface area (Å²) in [5.74, 6) is -1.28. The summed E-state index contributed by atoms with van der Waals surface area (Å²) in [6.07, 6.45) is 0. The van der Waals surface area contributed by atoms with Crippen LogP contribution in [0.1, 0.15) is 37.4 Å². The van der Waals surface area contributed by atoms with Crippen molar-refractivity contribution in [2.75, 3.05) is 0 Å². The van der Waals surface area contributed by atoms with Gasteiger partial charge in [0, 0.05) is 18.7 Å². The van der Waals surface area contributed by atoms with Gasteiger partial charge in [-0.15, -0.1) is 0 Å². The molecule has 0 saturated carbocycles. The lowest BCUT2D eigenvalue weighted by molar-refractivity contribution is 0.0468. The first kappa shape index (κ1) is 23.6. The van der Waals surface area contributed by atoms with E-state index in [0.29, 0.717) is 24.2 Å².